The summed E-state index contributed by atoms with van der Waals surface area (Å²) in [7, 11) is 0. The molecule has 1 saturated carbocycles. The number of nitrogens with zero attached hydrogens (tertiary/aromatic N) is 3. The van der Waals surface area contributed by atoms with Gasteiger partial charge in [0.15, 0.2) is 0 Å². The van der Waals surface area contributed by atoms with Gasteiger partial charge in [0.2, 0.25) is 0 Å². The highest BCUT2D eigenvalue weighted by Crippen LogP contribution is 2.26. The predicted molar refractivity (Wildman–Crippen MR) is 54.7 cm³/mol. The monoisotopic (exact) mass is 194 g/mol. The number of nitrogens with one attached hydrogen (secondary N) is 1. The Morgan fingerprint density at radius 1 is 1.57 bits per heavy atom. The van der Waals surface area contributed by atoms with E-state index in [0.717, 1.165) is 24.8 Å². The molecule has 0 bridgehead atoms. The molecule has 0 saturated heterocycles. The molecule has 1 fully saturated rings. The zero-order chi connectivity index (χ0) is 9.97. The summed E-state index contributed by atoms with van der Waals surface area (Å²) in [6.45, 7) is 6.21. The van der Waals surface area contributed by atoms with Gasteiger partial charge < -0.3 is 9.88 Å². The molecule has 1 aliphatic carbocycles. The fourth-order valence-electron chi connectivity index (χ4n) is 1.98. The molecule has 0 amide bonds. The van der Waals surface area contributed by atoms with E-state index in [-0.39, 0.29) is 0 Å². The number of aromatic nitrogens is 3. The maximum absolute atomic E-state index is 4.09. The van der Waals surface area contributed by atoms with Crippen LogP contribution in [0.5, 0.6) is 0 Å². The minimum atomic E-state index is 0.701. The summed E-state index contributed by atoms with van der Waals surface area (Å²) < 4.78 is 2.08. The van der Waals surface area contributed by atoms with Crippen molar-refractivity contribution in [2.75, 3.05) is 0 Å². The van der Waals surface area contributed by atoms with Crippen molar-refractivity contribution in [3.63, 3.8) is 0 Å². The first-order chi connectivity index (χ1) is 6.79. The lowest BCUT2D eigenvalue weighted by molar-refractivity contribution is 0.238. The first kappa shape index (κ1) is 9.65. The maximum atomic E-state index is 4.09. The third kappa shape index (κ3) is 1.95. The Morgan fingerprint density at radius 2 is 2.36 bits per heavy atom. The summed E-state index contributed by atoms with van der Waals surface area (Å²) >= 11 is 0. The zero-order valence-corrected chi connectivity index (χ0v) is 8.90. The van der Waals surface area contributed by atoms with Crippen LogP contribution in [0.2, 0.25) is 0 Å². The predicted octanol–water partition coefficient (Wildman–Crippen LogP) is 1.19. The van der Waals surface area contributed by atoms with Crippen LogP contribution >= 0.6 is 0 Å². The minimum Gasteiger partial charge on any atom is -0.317 e. The molecule has 1 heterocycles. The van der Waals surface area contributed by atoms with E-state index >= 15 is 0 Å². The average molecular weight is 194 g/mol. The summed E-state index contributed by atoms with van der Waals surface area (Å²) in [6, 6.07) is 0.701. The second-order valence-electron chi connectivity index (χ2n) is 4.19. The van der Waals surface area contributed by atoms with Gasteiger partial charge in [-0.05, 0) is 25.7 Å². The van der Waals surface area contributed by atoms with E-state index in [0.29, 0.717) is 6.04 Å². The lowest BCUT2D eigenvalue weighted by Gasteiger charge is -2.33. The van der Waals surface area contributed by atoms with Crippen LogP contribution in [0.4, 0.5) is 0 Å². The molecule has 0 spiro atoms. The third-order valence-electron chi connectivity index (χ3n) is 2.96. The molecular formula is C10H18N4. The molecule has 4 heteroatoms. The molecule has 0 radical (unpaired) electrons. The van der Waals surface area contributed by atoms with E-state index in [2.05, 4.69) is 33.9 Å². The number of aryl methyl sites for hydroxylation is 1. The fraction of sp³-hybridized carbons (Fsp3) is 0.800. The van der Waals surface area contributed by atoms with E-state index in [1.54, 1.807) is 6.33 Å². The molecule has 0 unspecified atom stereocenters. The summed E-state index contributed by atoms with van der Waals surface area (Å²) in [6.07, 6.45) is 4.40. The van der Waals surface area contributed by atoms with Gasteiger partial charge in [-0.3, -0.25) is 0 Å². The average Bonchev–Trinajstić information content (AvgIpc) is 2.57. The number of rotatable bonds is 4. The molecule has 2 rings (SSSR count). The van der Waals surface area contributed by atoms with Gasteiger partial charge in [-0.25, -0.2) is 0 Å². The van der Waals surface area contributed by atoms with Gasteiger partial charge in [0.1, 0.15) is 12.2 Å². The van der Waals surface area contributed by atoms with Crippen molar-refractivity contribution < 1.29 is 0 Å². The molecule has 78 valence electrons. The Bertz CT molecular complexity index is 288. The van der Waals surface area contributed by atoms with Crippen LogP contribution in [0.1, 0.15) is 32.5 Å². The van der Waals surface area contributed by atoms with E-state index < -0.39 is 0 Å². The molecule has 1 aromatic heterocycles. The molecule has 14 heavy (non-hydrogen) atoms. The van der Waals surface area contributed by atoms with E-state index in [1.165, 1.54) is 12.8 Å². The van der Waals surface area contributed by atoms with E-state index in [1.807, 2.05) is 0 Å². The molecule has 0 aromatic carbocycles. The highest BCUT2D eigenvalue weighted by molar-refractivity contribution is 4.88. The van der Waals surface area contributed by atoms with Crippen LogP contribution < -0.4 is 5.32 Å². The van der Waals surface area contributed by atoms with Crippen molar-refractivity contribution >= 4 is 0 Å². The Hall–Kier alpha value is -0.900. The second kappa shape index (κ2) is 4.09. The normalized spacial score (nSPS) is 26.1. The Kier molecular flexibility index (Phi) is 2.82. The second-order valence-corrected chi connectivity index (χ2v) is 4.19. The van der Waals surface area contributed by atoms with Crippen LogP contribution in [-0.4, -0.2) is 20.8 Å². The molecular weight excluding hydrogens is 176 g/mol. The van der Waals surface area contributed by atoms with E-state index in [9.17, 15) is 0 Å². The first-order valence-electron chi connectivity index (χ1n) is 5.39. The van der Waals surface area contributed by atoms with Gasteiger partial charge in [-0.15, -0.1) is 10.2 Å². The largest absolute Gasteiger partial charge is 0.317 e. The molecule has 0 atom stereocenters. The van der Waals surface area contributed by atoms with Gasteiger partial charge in [0.25, 0.3) is 0 Å². The molecule has 1 aliphatic rings. The fourth-order valence-corrected chi connectivity index (χ4v) is 1.98. The van der Waals surface area contributed by atoms with Crippen molar-refractivity contribution in [2.45, 2.75) is 45.8 Å². The summed E-state index contributed by atoms with van der Waals surface area (Å²) in [4.78, 5) is 0. The summed E-state index contributed by atoms with van der Waals surface area (Å²) in [5.74, 6) is 1.95. The highest BCUT2D eigenvalue weighted by atomic mass is 15.3. The Labute approximate surface area is 84.7 Å². The van der Waals surface area contributed by atoms with Gasteiger partial charge in [-0.1, -0.05) is 6.92 Å². The minimum absolute atomic E-state index is 0.701. The lowest BCUT2D eigenvalue weighted by atomic mass is 9.82. The third-order valence-corrected chi connectivity index (χ3v) is 2.96. The molecule has 1 N–H and O–H groups in total. The van der Waals surface area contributed by atoms with Crippen LogP contribution in [0.15, 0.2) is 6.33 Å². The topological polar surface area (TPSA) is 42.7 Å². The van der Waals surface area contributed by atoms with Gasteiger partial charge >= 0.3 is 0 Å². The lowest BCUT2D eigenvalue weighted by Crippen LogP contribution is -2.40. The van der Waals surface area contributed by atoms with Crippen LogP contribution in [0, 0.1) is 5.92 Å². The Morgan fingerprint density at radius 3 is 3.00 bits per heavy atom. The van der Waals surface area contributed by atoms with Crippen LogP contribution in [0.3, 0.4) is 0 Å². The van der Waals surface area contributed by atoms with E-state index in [4.69, 9.17) is 0 Å². The standard InChI is InChI=1S/C10H18N4/c1-3-14-7-12-13-10(14)6-11-9-4-8(2)5-9/h7-9,11H,3-6H2,1-2H3. The summed E-state index contributed by atoms with van der Waals surface area (Å²) in [5, 5.41) is 11.5. The molecule has 4 nitrogen and oxygen atoms in total. The first-order valence-corrected chi connectivity index (χ1v) is 5.39. The summed E-state index contributed by atoms with van der Waals surface area (Å²) in [5.41, 5.74) is 0. The van der Waals surface area contributed by atoms with Crippen LogP contribution in [0.25, 0.3) is 0 Å². The Balaban J connectivity index is 1.80. The smallest absolute Gasteiger partial charge is 0.146 e. The molecule has 1 aromatic rings. The van der Waals surface area contributed by atoms with Crippen molar-refractivity contribution in [1.29, 1.82) is 0 Å². The van der Waals surface area contributed by atoms with Gasteiger partial charge in [0.05, 0.1) is 6.54 Å². The van der Waals surface area contributed by atoms with Crippen molar-refractivity contribution in [3.05, 3.63) is 12.2 Å². The van der Waals surface area contributed by atoms with Gasteiger partial charge in [0, 0.05) is 12.6 Å². The number of hydrogen-bond donors (Lipinski definition) is 1. The quantitative estimate of drug-likeness (QED) is 0.782. The van der Waals surface area contributed by atoms with Crippen LogP contribution in [-0.2, 0) is 13.1 Å². The van der Waals surface area contributed by atoms with Crippen molar-refractivity contribution in [1.82, 2.24) is 20.1 Å². The SMILES string of the molecule is CCn1cnnc1CNC1CC(C)C1. The molecule has 0 aliphatic heterocycles. The zero-order valence-electron chi connectivity index (χ0n) is 8.90. The number of hydrogen-bond acceptors (Lipinski definition) is 3. The highest BCUT2D eigenvalue weighted by Gasteiger charge is 2.24. The van der Waals surface area contributed by atoms with Crippen molar-refractivity contribution in [3.8, 4) is 0 Å². The van der Waals surface area contributed by atoms with Crippen molar-refractivity contribution in [2.24, 2.45) is 5.92 Å². The van der Waals surface area contributed by atoms with Gasteiger partial charge in [-0.2, -0.15) is 0 Å². The maximum Gasteiger partial charge on any atom is 0.146 e.